The molecule has 0 aliphatic carbocycles. The number of esters is 1. The van der Waals surface area contributed by atoms with Gasteiger partial charge in [-0.2, -0.15) is 0 Å². The summed E-state index contributed by atoms with van der Waals surface area (Å²) in [6.07, 6.45) is 0.0288. The summed E-state index contributed by atoms with van der Waals surface area (Å²) in [7, 11) is -2.35. The summed E-state index contributed by atoms with van der Waals surface area (Å²) in [5.74, 6) is -2.02. The van der Waals surface area contributed by atoms with Crippen LogP contribution in [0.1, 0.15) is 21.5 Å². The second-order valence-corrected chi connectivity index (χ2v) is 9.51. The molecule has 3 aromatic carbocycles. The van der Waals surface area contributed by atoms with Crippen LogP contribution in [0.5, 0.6) is 0 Å². The normalized spacial score (nSPS) is 10.9. The summed E-state index contributed by atoms with van der Waals surface area (Å²) in [6.45, 7) is 1.24. The maximum absolute atomic E-state index is 12.8. The van der Waals surface area contributed by atoms with E-state index < -0.39 is 34.4 Å². The lowest BCUT2D eigenvalue weighted by atomic mass is 10.1. The molecule has 0 aromatic heterocycles. The minimum atomic E-state index is -3.77. The molecule has 0 fully saturated rings. The van der Waals surface area contributed by atoms with E-state index in [9.17, 15) is 22.8 Å². The minimum absolute atomic E-state index is 0.0288. The van der Waals surface area contributed by atoms with Gasteiger partial charge >= 0.3 is 5.97 Å². The Balaban J connectivity index is 1.54. The Kier molecular flexibility index (Phi) is 7.80. The van der Waals surface area contributed by atoms with Crippen LogP contribution in [0.4, 0.5) is 5.69 Å². The van der Waals surface area contributed by atoms with E-state index in [4.69, 9.17) is 4.74 Å². The summed E-state index contributed by atoms with van der Waals surface area (Å²) in [6, 6.07) is 21.1. The highest BCUT2D eigenvalue weighted by Gasteiger charge is 2.21. The predicted octanol–water partition coefficient (Wildman–Crippen LogP) is 2.86. The quantitative estimate of drug-likeness (QED) is 0.497. The first-order chi connectivity index (χ1) is 16.2. The second-order valence-electron chi connectivity index (χ2n) is 7.54. The number of amides is 2. The zero-order valence-electron chi connectivity index (χ0n) is 18.7. The Labute approximate surface area is 198 Å². The summed E-state index contributed by atoms with van der Waals surface area (Å²) < 4.78 is 31.7. The third kappa shape index (κ3) is 6.29. The first-order valence-electron chi connectivity index (χ1n) is 10.4. The number of ether oxygens (including phenoxy) is 1. The molecule has 0 spiro atoms. The zero-order chi connectivity index (χ0) is 24.7. The number of imide groups is 1. The van der Waals surface area contributed by atoms with Crippen molar-refractivity contribution < 1.29 is 27.5 Å². The Hall–Kier alpha value is -3.98. The number of nitrogens with zero attached hydrogens (tertiary/aromatic N) is 1. The highest BCUT2D eigenvalue weighted by molar-refractivity contribution is 7.92. The molecule has 34 heavy (non-hydrogen) atoms. The predicted molar refractivity (Wildman–Crippen MR) is 127 cm³/mol. The highest BCUT2D eigenvalue weighted by Crippen LogP contribution is 2.23. The molecule has 0 atom stereocenters. The maximum atomic E-state index is 12.8. The van der Waals surface area contributed by atoms with Crippen molar-refractivity contribution in [2.75, 3.05) is 18.0 Å². The number of carbonyl (C=O) groups excluding carboxylic acids is 3. The standard InChI is InChI=1S/C25H24N2O6S/c1-18-8-14-22(15-9-18)34(31,32)27(2)21-12-10-20(11-13-21)25(30)33-17-24(29)26-23(28)16-19-6-4-3-5-7-19/h3-15H,16-17H2,1-2H3,(H,26,28,29). The van der Waals surface area contributed by atoms with E-state index in [1.807, 2.05) is 13.0 Å². The first-order valence-corrected chi connectivity index (χ1v) is 11.8. The van der Waals surface area contributed by atoms with Gasteiger partial charge in [-0.1, -0.05) is 48.0 Å². The van der Waals surface area contributed by atoms with Crippen LogP contribution in [-0.4, -0.2) is 39.9 Å². The first kappa shape index (κ1) is 24.7. The molecule has 0 aliphatic heterocycles. The van der Waals surface area contributed by atoms with E-state index in [-0.39, 0.29) is 16.9 Å². The van der Waals surface area contributed by atoms with Crippen molar-refractivity contribution in [3.63, 3.8) is 0 Å². The Morgan fingerprint density at radius 1 is 0.853 bits per heavy atom. The molecule has 0 bridgehead atoms. The fourth-order valence-corrected chi connectivity index (χ4v) is 4.24. The molecule has 3 aromatic rings. The van der Waals surface area contributed by atoms with Gasteiger partial charge in [-0.15, -0.1) is 0 Å². The SMILES string of the molecule is Cc1ccc(S(=O)(=O)N(C)c2ccc(C(=O)OCC(=O)NC(=O)Cc3ccccc3)cc2)cc1. The molecule has 0 aliphatic rings. The molecule has 9 heteroatoms. The number of rotatable bonds is 8. The van der Waals surface area contributed by atoms with Gasteiger partial charge < -0.3 is 4.74 Å². The van der Waals surface area contributed by atoms with E-state index in [0.717, 1.165) is 15.4 Å². The lowest BCUT2D eigenvalue weighted by Crippen LogP contribution is -2.35. The van der Waals surface area contributed by atoms with Crippen LogP contribution in [0.25, 0.3) is 0 Å². The summed E-state index contributed by atoms with van der Waals surface area (Å²) in [5.41, 5.74) is 2.17. The number of hydrogen-bond acceptors (Lipinski definition) is 6. The lowest BCUT2D eigenvalue weighted by molar-refractivity contribution is -0.132. The van der Waals surface area contributed by atoms with Crippen molar-refractivity contribution in [3.8, 4) is 0 Å². The molecule has 0 saturated carbocycles. The van der Waals surface area contributed by atoms with E-state index in [1.54, 1.807) is 36.4 Å². The van der Waals surface area contributed by atoms with Crippen molar-refractivity contribution in [2.24, 2.45) is 0 Å². The van der Waals surface area contributed by atoms with Gasteiger partial charge in [-0.05, 0) is 48.9 Å². The Morgan fingerprint density at radius 2 is 1.47 bits per heavy atom. The van der Waals surface area contributed by atoms with Gasteiger partial charge in [0.15, 0.2) is 6.61 Å². The van der Waals surface area contributed by atoms with Crippen LogP contribution < -0.4 is 9.62 Å². The number of carbonyl (C=O) groups is 3. The summed E-state index contributed by atoms with van der Waals surface area (Å²) in [4.78, 5) is 36.2. The number of aryl methyl sites for hydroxylation is 1. The monoisotopic (exact) mass is 480 g/mol. The molecular weight excluding hydrogens is 456 g/mol. The molecule has 2 amide bonds. The zero-order valence-corrected chi connectivity index (χ0v) is 19.5. The van der Waals surface area contributed by atoms with Gasteiger partial charge in [-0.25, -0.2) is 13.2 Å². The van der Waals surface area contributed by atoms with Crippen LogP contribution >= 0.6 is 0 Å². The van der Waals surface area contributed by atoms with E-state index in [0.29, 0.717) is 5.69 Å². The number of benzene rings is 3. The van der Waals surface area contributed by atoms with E-state index in [2.05, 4.69) is 5.32 Å². The Morgan fingerprint density at radius 3 is 2.09 bits per heavy atom. The molecule has 0 heterocycles. The van der Waals surface area contributed by atoms with Crippen LogP contribution in [0.2, 0.25) is 0 Å². The fraction of sp³-hybridized carbons (Fsp3) is 0.160. The molecule has 0 saturated heterocycles. The van der Waals surface area contributed by atoms with Crippen LogP contribution in [-0.2, 0) is 30.8 Å². The smallest absolute Gasteiger partial charge is 0.338 e. The van der Waals surface area contributed by atoms with Crippen molar-refractivity contribution in [3.05, 3.63) is 95.6 Å². The fourth-order valence-electron chi connectivity index (χ4n) is 3.05. The van der Waals surface area contributed by atoms with Crippen molar-refractivity contribution in [1.29, 1.82) is 0 Å². The molecule has 0 unspecified atom stereocenters. The molecule has 1 N–H and O–H groups in total. The summed E-state index contributed by atoms with van der Waals surface area (Å²) >= 11 is 0. The third-order valence-corrected chi connectivity index (χ3v) is 6.77. The number of anilines is 1. The van der Waals surface area contributed by atoms with Crippen LogP contribution in [0, 0.1) is 6.92 Å². The Bertz CT molecular complexity index is 1270. The van der Waals surface area contributed by atoms with Gasteiger partial charge in [0.1, 0.15) is 0 Å². The van der Waals surface area contributed by atoms with Crippen molar-refractivity contribution >= 4 is 33.5 Å². The maximum Gasteiger partial charge on any atom is 0.338 e. The van der Waals surface area contributed by atoms with Gasteiger partial charge in [-0.3, -0.25) is 19.2 Å². The number of hydrogen-bond donors (Lipinski definition) is 1. The third-order valence-electron chi connectivity index (χ3n) is 4.97. The van der Waals surface area contributed by atoms with Gasteiger partial charge in [0, 0.05) is 7.05 Å². The van der Waals surface area contributed by atoms with Crippen LogP contribution in [0.15, 0.2) is 83.8 Å². The van der Waals surface area contributed by atoms with Gasteiger partial charge in [0.05, 0.1) is 22.6 Å². The van der Waals surface area contributed by atoms with Crippen molar-refractivity contribution in [1.82, 2.24) is 5.32 Å². The molecule has 3 rings (SSSR count). The van der Waals surface area contributed by atoms with E-state index in [1.165, 1.54) is 43.4 Å². The average molecular weight is 481 g/mol. The minimum Gasteiger partial charge on any atom is -0.452 e. The molecule has 176 valence electrons. The van der Waals surface area contributed by atoms with Crippen molar-refractivity contribution in [2.45, 2.75) is 18.2 Å². The summed E-state index contributed by atoms with van der Waals surface area (Å²) in [5, 5.41) is 2.17. The van der Waals surface area contributed by atoms with E-state index >= 15 is 0 Å². The highest BCUT2D eigenvalue weighted by atomic mass is 32.2. The van der Waals surface area contributed by atoms with Gasteiger partial charge in [0.25, 0.3) is 15.9 Å². The topological polar surface area (TPSA) is 110 Å². The number of sulfonamides is 1. The molecule has 8 nitrogen and oxygen atoms in total. The average Bonchev–Trinajstić information content (AvgIpc) is 2.83. The van der Waals surface area contributed by atoms with Gasteiger partial charge in [0.2, 0.25) is 5.91 Å². The molecular formula is C25H24N2O6S. The largest absolute Gasteiger partial charge is 0.452 e. The number of nitrogens with one attached hydrogen (secondary N) is 1. The van der Waals surface area contributed by atoms with Crippen LogP contribution in [0.3, 0.4) is 0 Å². The lowest BCUT2D eigenvalue weighted by Gasteiger charge is -2.19. The second kappa shape index (κ2) is 10.8. The molecule has 0 radical (unpaired) electrons.